The Labute approximate surface area is 109 Å². The van der Waals surface area contributed by atoms with Crippen molar-refractivity contribution in [3.05, 3.63) is 17.1 Å². The molecule has 1 amide bonds. The van der Waals surface area contributed by atoms with Gasteiger partial charge in [0.1, 0.15) is 9.71 Å². The topological polar surface area (TPSA) is 72.1 Å². The van der Waals surface area contributed by atoms with Crippen LogP contribution in [0.1, 0.15) is 28.9 Å². The van der Waals surface area contributed by atoms with E-state index in [0.717, 1.165) is 36.1 Å². The number of anilines is 1. The van der Waals surface area contributed by atoms with Crippen LogP contribution in [0.25, 0.3) is 10.2 Å². The molecule has 5 nitrogen and oxygen atoms in total. The second kappa shape index (κ2) is 4.53. The Morgan fingerprint density at radius 1 is 1.33 bits per heavy atom. The van der Waals surface area contributed by atoms with E-state index in [1.165, 1.54) is 17.8 Å². The van der Waals surface area contributed by atoms with Gasteiger partial charge in [-0.05, 0) is 25.3 Å². The number of nitrogens with zero attached hydrogens (tertiary/aromatic N) is 3. The van der Waals surface area contributed by atoms with E-state index in [2.05, 4.69) is 10.2 Å². The first-order valence-electron chi connectivity index (χ1n) is 6.06. The van der Waals surface area contributed by atoms with Crippen molar-refractivity contribution in [1.29, 1.82) is 0 Å². The first-order chi connectivity index (χ1) is 8.77. The van der Waals surface area contributed by atoms with Crippen molar-refractivity contribution in [2.75, 3.05) is 18.8 Å². The van der Waals surface area contributed by atoms with Gasteiger partial charge in [0.05, 0.1) is 11.9 Å². The number of amides is 1. The Morgan fingerprint density at radius 3 is 2.83 bits per heavy atom. The number of thiophene rings is 1. The second-order valence-corrected chi connectivity index (χ2v) is 5.45. The van der Waals surface area contributed by atoms with Crippen LogP contribution < -0.4 is 5.73 Å². The van der Waals surface area contributed by atoms with Gasteiger partial charge in [0.25, 0.3) is 5.91 Å². The van der Waals surface area contributed by atoms with Crippen LogP contribution >= 0.6 is 11.3 Å². The summed E-state index contributed by atoms with van der Waals surface area (Å²) in [5, 5.41) is 8.66. The zero-order valence-corrected chi connectivity index (χ0v) is 10.7. The Morgan fingerprint density at radius 2 is 2.11 bits per heavy atom. The standard InChI is InChI=1S/C12H14N4OS/c13-9-8-4-5-14-15-11(8)18-10(9)12(17)16-6-2-1-3-7-16/h4-5H,1-3,6-7,13H2. The van der Waals surface area contributed by atoms with Crippen LogP contribution in [0, 0.1) is 0 Å². The molecule has 3 heterocycles. The maximum absolute atomic E-state index is 12.4. The molecule has 1 aliphatic rings. The first-order valence-corrected chi connectivity index (χ1v) is 6.88. The quantitative estimate of drug-likeness (QED) is 0.852. The van der Waals surface area contributed by atoms with Gasteiger partial charge in [0.2, 0.25) is 0 Å². The summed E-state index contributed by atoms with van der Waals surface area (Å²) in [5.74, 6) is 0.0372. The molecule has 0 radical (unpaired) electrons. The molecule has 6 heteroatoms. The predicted molar refractivity (Wildman–Crippen MR) is 71.6 cm³/mol. The fourth-order valence-corrected chi connectivity index (χ4v) is 3.28. The Kier molecular flexibility index (Phi) is 2.87. The van der Waals surface area contributed by atoms with Gasteiger partial charge in [-0.1, -0.05) is 0 Å². The lowest BCUT2D eigenvalue weighted by atomic mass is 10.1. The molecule has 0 bridgehead atoms. The highest BCUT2D eigenvalue weighted by Gasteiger charge is 2.23. The smallest absolute Gasteiger partial charge is 0.266 e. The number of fused-ring (bicyclic) bond motifs is 1. The number of rotatable bonds is 1. The van der Waals surface area contributed by atoms with E-state index in [-0.39, 0.29) is 5.91 Å². The number of carbonyl (C=O) groups is 1. The molecule has 1 fully saturated rings. The Balaban J connectivity index is 1.98. The van der Waals surface area contributed by atoms with Crippen molar-refractivity contribution in [3.8, 4) is 0 Å². The van der Waals surface area contributed by atoms with Crippen LogP contribution in [-0.4, -0.2) is 34.1 Å². The number of aromatic nitrogens is 2. The van der Waals surface area contributed by atoms with E-state index in [1.54, 1.807) is 12.3 Å². The van der Waals surface area contributed by atoms with E-state index in [0.29, 0.717) is 10.6 Å². The van der Waals surface area contributed by atoms with Crippen LogP contribution in [0.2, 0.25) is 0 Å². The molecular weight excluding hydrogens is 248 g/mol. The number of hydrogen-bond acceptors (Lipinski definition) is 5. The van der Waals surface area contributed by atoms with Gasteiger partial charge in [0, 0.05) is 18.5 Å². The maximum atomic E-state index is 12.4. The van der Waals surface area contributed by atoms with Crippen molar-refractivity contribution < 1.29 is 4.79 Å². The van der Waals surface area contributed by atoms with Crippen molar-refractivity contribution in [3.63, 3.8) is 0 Å². The summed E-state index contributed by atoms with van der Waals surface area (Å²) in [7, 11) is 0. The minimum atomic E-state index is 0.0372. The fourth-order valence-electron chi connectivity index (χ4n) is 2.27. The number of carbonyl (C=O) groups excluding carboxylic acids is 1. The summed E-state index contributed by atoms with van der Waals surface area (Å²) in [6, 6.07) is 1.81. The lowest BCUT2D eigenvalue weighted by Gasteiger charge is -2.26. The summed E-state index contributed by atoms with van der Waals surface area (Å²) in [6.07, 6.45) is 4.96. The number of piperidine rings is 1. The highest BCUT2D eigenvalue weighted by atomic mass is 32.1. The summed E-state index contributed by atoms with van der Waals surface area (Å²) in [6.45, 7) is 1.66. The molecule has 3 rings (SSSR count). The van der Waals surface area contributed by atoms with E-state index in [4.69, 9.17) is 5.73 Å². The molecule has 1 aliphatic heterocycles. The molecule has 1 saturated heterocycles. The summed E-state index contributed by atoms with van der Waals surface area (Å²) >= 11 is 1.34. The van der Waals surface area contributed by atoms with Crippen LogP contribution in [0.3, 0.4) is 0 Å². The third-order valence-electron chi connectivity index (χ3n) is 3.26. The monoisotopic (exact) mass is 262 g/mol. The van der Waals surface area contributed by atoms with E-state index in [1.807, 2.05) is 4.90 Å². The van der Waals surface area contributed by atoms with Gasteiger partial charge in [-0.25, -0.2) is 0 Å². The van der Waals surface area contributed by atoms with E-state index >= 15 is 0 Å². The average molecular weight is 262 g/mol. The number of hydrogen-bond donors (Lipinski definition) is 1. The second-order valence-electron chi connectivity index (χ2n) is 4.45. The average Bonchev–Trinajstić information content (AvgIpc) is 2.77. The lowest BCUT2D eigenvalue weighted by Crippen LogP contribution is -2.35. The molecule has 18 heavy (non-hydrogen) atoms. The summed E-state index contributed by atoms with van der Waals surface area (Å²) < 4.78 is 0. The molecule has 0 atom stereocenters. The molecular formula is C12H14N4OS. The zero-order chi connectivity index (χ0) is 12.5. The molecule has 0 aliphatic carbocycles. The van der Waals surface area contributed by atoms with E-state index in [9.17, 15) is 4.79 Å². The van der Waals surface area contributed by atoms with Gasteiger partial charge in [-0.3, -0.25) is 4.79 Å². The van der Waals surface area contributed by atoms with Crippen molar-refractivity contribution in [1.82, 2.24) is 15.1 Å². The number of nitrogens with two attached hydrogens (primary N) is 1. The lowest BCUT2D eigenvalue weighted by molar-refractivity contribution is 0.0730. The molecule has 94 valence electrons. The SMILES string of the molecule is Nc1c(C(=O)N2CCCCC2)sc2nnccc12. The van der Waals surface area contributed by atoms with Crippen molar-refractivity contribution >= 4 is 33.1 Å². The van der Waals surface area contributed by atoms with Crippen LogP contribution in [-0.2, 0) is 0 Å². The van der Waals surface area contributed by atoms with Gasteiger partial charge in [-0.15, -0.1) is 16.4 Å². The minimum absolute atomic E-state index is 0.0372. The van der Waals surface area contributed by atoms with Crippen LogP contribution in [0.4, 0.5) is 5.69 Å². The van der Waals surface area contributed by atoms with Gasteiger partial charge in [-0.2, -0.15) is 5.10 Å². The molecule has 0 spiro atoms. The predicted octanol–water partition coefficient (Wildman–Crippen LogP) is 1.90. The molecule has 0 aromatic carbocycles. The Bertz CT molecular complexity index is 589. The van der Waals surface area contributed by atoms with Gasteiger partial charge >= 0.3 is 0 Å². The number of likely N-dealkylation sites (tertiary alicyclic amines) is 1. The third kappa shape index (κ3) is 1.82. The maximum Gasteiger partial charge on any atom is 0.266 e. The highest BCUT2D eigenvalue weighted by Crippen LogP contribution is 2.32. The summed E-state index contributed by atoms with van der Waals surface area (Å²) in [4.78, 5) is 15.6. The van der Waals surface area contributed by atoms with E-state index < -0.39 is 0 Å². The van der Waals surface area contributed by atoms with Crippen LogP contribution in [0.5, 0.6) is 0 Å². The largest absolute Gasteiger partial charge is 0.397 e. The molecule has 2 N–H and O–H groups in total. The molecule has 0 saturated carbocycles. The van der Waals surface area contributed by atoms with Crippen molar-refractivity contribution in [2.45, 2.75) is 19.3 Å². The zero-order valence-electron chi connectivity index (χ0n) is 9.93. The molecule has 2 aromatic rings. The third-order valence-corrected chi connectivity index (χ3v) is 4.35. The molecule has 2 aromatic heterocycles. The highest BCUT2D eigenvalue weighted by molar-refractivity contribution is 7.21. The summed E-state index contributed by atoms with van der Waals surface area (Å²) in [5.41, 5.74) is 6.58. The van der Waals surface area contributed by atoms with Gasteiger partial charge < -0.3 is 10.6 Å². The Hall–Kier alpha value is -1.69. The van der Waals surface area contributed by atoms with Crippen LogP contribution in [0.15, 0.2) is 12.3 Å². The minimum Gasteiger partial charge on any atom is -0.397 e. The fraction of sp³-hybridized carbons (Fsp3) is 0.417. The first kappa shape index (κ1) is 11.4. The van der Waals surface area contributed by atoms with Crippen molar-refractivity contribution in [2.24, 2.45) is 0 Å². The van der Waals surface area contributed by atoms with Gasteiger partial charge in [0.15, 0.2) is 0 Å². The molecule has 0 unspecified atom stereocenters. The number of nitrogen functional groups attached to an aromatic ring is 1. The normalized spacial score (nSPS) is 16.1.